The van der Waals surface area contributed by atoms with E-state index in [9.17, 15) is 0 Å². The van der Waals surface area contributed by atoms with Crippen LogP contribution in [0.1, 0.15) is 19.3 Å². The molecule has 0 amide bonds. The summed E-state index contributed by atoms with van der Waals surface area (Å²) in [6, 6.07) is 2.24. The van der Waals surface area contributed by atoms with E-state index in [1.165, 1.54) is 0 Å². The topological polar surface area (TPSA) is 33.0 Å². The smallest absolute Gasteiger partial charge is 0.0729 e. The third-order valence-electron chi connectivity index (χ3n) is 1.92. The second-order valence-corrected chi connectivity index (χ2v) is 2.44. The third-order valence-corrected chi connectivity index (χ3v) is 1.92. The zero-order valence-electron chi connectivity index (χ0n) is 5.63. The highest BCUT2D eigenvalue weighted by Gasteiger charge is 2.26. The Kier molecular flexibility index (Phi) is 2.07. The quantitative estimate of drug-likeness (QED) is 0.529. The van der Waals surface area contributed by atoms with Crippen molar-refractivity contribution in [3.8, 4) is 6.07 Å². The molecule has 1 rings (SSSR count). The second kappa shape index (κ2) is 2.84. The van der Waals surface area contributed by atoms with Crippen LogP contribution in [0.25, 0.3) is 0 Å². The zero-order chi connectivity index (χ0) is 6.69. The third kappa shape index (κ3) is 1.22. The maximum absolute atomic E-state index is 8.54. The van der Waals surface area contributed by atoms with Gasteiger partial charge in [0.05, 0.1) is 18.1 Å². The fraction of sp³-hybridized carbons (Fsp3) is 0.857. The van der Waals surface area contributed by atoms with Crippen LogP contribution in [0.2, 0.25) is 0 Å². The number of methoxy groups -OCH3 is 1. The van der Waals surface area contributed by atoms with E-state index < -0.39 is 0 Å². The van der Waals surface area contributed by atoms with E-state index in [2.05, 4.69) is 6.07 Å². The van der Waals surface area contributed by atoms with Crippen LogP contribution in [-0.4, -0.2) is 13.2 Å². The molecule has 0 aliphatic heterocycles. The van der Waals surface area contributed by atoms with Gasteiger partial charge in [0.25, 0.3) is 0 Å². The highest BCUT2D eigenvalue weighted by Crippen LogP contribution is 2.26. The number of nitrogens with zero attached hydrogens (tertiary/aromatic N) is 1. The van der Waals surface area contributed by atoms with Crippen molar-refractivity contribution in [3.63, 3.8) is 0 Å². The van der Waals surface area contributed by atoms with Crippen LogP contribution in [0, 0.1) is 17.2 Å². The van der Waals surface area contributed by atoms with Crippen LogP contribution >= 0.6 is 0 Å². The Morgan fingerprint density at radius 3 is 2.78 bits per heavy atom. The molecule has 0 spiro atoms. The highest BCUT2D eigenvalue weighted by atomic mass is 16.5. The second-order valence-electron chi connectivity index (χ2n) is 2.44. The summed E-state index contributed by atoms with van der Waals surface area (Å²) in [5, 5.41) is 8.54. The Morgan fingerprint density at radius 1 is 1.56 bits per heavy atom. The molecule has 9 heavy (non-hydrogen) atoms. The van der Waals surface area contributed by atoms with Crippen molar-refractivity contribution in [2.45, 2.75) is 25.4 Å². The molecule has 2 heteroatoms. The van der Waals surface area contributed by atoms with Gasteiger partial charge in [-0.3, -0.25) is 0 Å². The minimum absolute atomic E-state index is 0.162. The van der Waals surface area contributed by atoms with Crippen LogP contribution in [0.15, 0.2) is 0 Å². The van der Waals surface area contributed by atoms with E-state index in [-0.39, 0.29) is 12.0 Å². The van der Waals surface area contributed by atoms with E-state index in [1.54, 1.807) is 7.11 Å². The Hall–Kier alpha value is -0.550. The fourth-order valence-electron chi connectivity index (χ4n) is 1.36. The monoisotopic (exact) mass is 125 g/mol. The minimum atomic E-state index is 0.162. The average molecular weight is 125 g/mol. The van der Waals surface area contributed by atoms with Crippen molar-refractivity contribution in [2.75, 3.05) is 7.11 Å². The first kappa shape index (κ1) is 6.57. The van der Waals surface area contributed by atoms with Crippen LogP contribution in [0.3, 0.4) is 0 Å². The lowest BCUT2D eigenvalue weighted by Gasteiger charge is -2.08. The summed E-state index contributed by atoms with van der Waals surface area (Å²) in [7, 11) is 1.68. The molecule has 0 radical (unpaired) electrons. The van der Waals surface area contributed by atoms with E-state index in [4.69, 9.17) is 10.00 Å². The van der Waals surface area contributed by atoms with Gasteiger partial charge in [-0.2, -0.15) is 5.26 Å². The molecular weight excluding hydrogens is 114 g/mol. The molecule has 50 valence electrons. The van der Waals surface area contributed by atoms with Gasteiger partial charge >= 0.3 is 0 Å². The standard InChI is InChI=1S/C7H11NO/c1-9-7-4-2-3-6(7)5-8/h6-7H,2-4H2,1H3/t6-,7+/m1/s1. The van der Waals surface area contributed by atoms with Crippen LogP contribution in [-0.2, 0) is 4.74 Å². The lowest BCUT2D eigenvalue weighted by molar-refractivity contribution is 0.0882. The maximum Gasteiger partial charge on any atom is 0.0729 e. The molecule has 0 aromatic heterocycles. The van der Waals surface area contributed by atoms with Gasteiger partial charge in [0.2, 0.25) is 0 Å². The average Bonchev–Trinajstić information content (AvgIpc) is 2.33. The fourth-order valence-corrected chi connectivity index (χ4v) is 1.36. The van der Waals surface area contributed by atoms with Gasteiger partial charge in [-0.15, -0.1) is 0 Å². The van der Waals surface area contributed by atoms with Crippen molar-refractivity contribution < 1.29 is 4.74 Å². The predicted molar refractivity (Wildman–Crippen MR) is 33.8 cm³/mol. The molecule has 0 heterocycles. The normalized spacial score (nSPS) is 34.2. The number of hydrogen-bond donors (Lipinski definition) is 0. The van der Waals surface area contributed by atoms with E-state index in [1.807, 2.05) is 0 Å². The van der Waals surface area contributed by atoms with Crippen LogP contribution in [0.5, 0.6) is 0 Å². The predicted octanol–water partition coefficient (Wildman–Crippen LogP) is 1.33. The summed E-state index contributed by atoms with van der Waals surface area (Å²) < 4.78 is 5.09. The molecule has 2 atom stereocenters. The number of hydrogen-bond acceptors (Lipinski definition) is 2. The van der Waals surface area contributed by atoms with Crippen molar-refractivity contribution in [1.29, 1.82) is 5.26 Å². The Balaban J connectivity index is 2.44. The number of rotatable bonds is 1. The van der Waals surface area contributed by atoms with Gasteiger partial charge in [0, 0.05) is 7.11 Å². The Labute approximate surface area is 55.4 Å². The molecule has 0 aromatic carbocycles. The van der Waals surface area contributed by atoms with E-state index in [0.29, 0.717) is 0 Å². The molecule has 1 aliphatic carbocycles. The Bertz CT molecular complexity index is 127. The lowest BCUT2D eigenvalue weighted by Crippen LogP contribution is -2.13. The first-order valence-electron chi connectivity index (χ1n) is 3.31. The van der Waals surface area contributed by atoms with Crippen LogP contribution in [0.4, 0.5) is 0 Å². The van der Waals surface area contributed by atoms with Gasteiger partial charge in [0.15, 0.2) is 0 Å². The molecule has 0 bridgehead atoms. The summed E-state index contributed by atoms with van der Waals surface area (Å²) in [6.07, 6.45) is 3.45. The van der Waals surface area contributed by atoms with E-state index in [0.717, 1.165) is 19.3 Å². The summed E-state index contributed by atoms with van der Waals surface area (Å²) in [6.45, 7) is 0. The largest absolute Gasteiger partial charge is 0.380 e. The van der Waals surface area contributed by atoms with Gasteiger partial charge in [0.1, 0.15) is 0 Å². The van der Waals surface area contributed by atoms with Crippen molar-refractivity contribution in [2.24, 2.45) is 5.92 Å². The van der Waals surface area contributed by atoms with Crippen molar-refractivity contribution in [1.82, 2.24) is 0 Å². The van der Waals surface area contributed by atoms with Crippen molar-refractivity contribution >= 4 is 0 Å². The maximum atomic E-state index is 8.54. The minimum Gasteiger partial charge on any atom is -0.380 e. The van der Waals surface area contributed by atoms with E-state index >= 15 is 0 Å². The molecule has 0 unspecified atom stereocenters. The first-order chi connectivity index (χ1) is 4.38. The number of nitriles is 1. The van der Waals surface area contributed by atoms with Gasteiger partial charge in [-0.1, -0.05) is 0 Å². The summed E-state index contributed by atoms with van der Waals surface area (Å²) in [5.74, 6) is 0.162. The van der Waals surface area contributed by atoms with Crippen molar-refractivity contribution in [3.05, 3.63) is 0 Å². The first-order valence-corrected chi connectivity index (χ1v) is 3.31. The van der Waals surface area contributed by atoms with Gasteiger partial charge < -0.3 is 4.74 Å². The molecule has 0 saturated heterocycles. The van der Waals surface area contributed by atoms with Gasteiger partial charge in [-0.25, -0.2) is 0 Å². The molecular formula is C7H11NO. The number of ether oxygens (including phenoxy) is 1. The molecule has 0 aromatic rings. The lowest BCUT2D eigenvalue weighted by atomic mass is 10.1. The molecule has 1 saturated carbocycles. The molecule has 1 fully saturated rings. The summed E-state index contributed by atoms with van der Waals surface area (Å²) >= 11 is 0. The molecule has 1 aliphatic rings. The van der Waals surface area contributed by atoms with Gasteiger partial charge in [-0.05, 0) is 19.3 Å². The van der Waals surface area contributed by atoms with Crippen LogP contribution < -0.4 is 0 Å². The highest BCUT2D eigenvalue weighted by molar-refractivity contribution is 4.93. The SMILES string of the molecule is CO[C@H]1CCC[C@@H]1C#N. The molecule has 0 N–H and O–H groups in total. The summed E-state index contributed by atoms with van der Waals surface area (Å²) in [5.41, 5.74) is 0. The zero-order valence-corrected chi connectivity index (χ0v) is 5.63. The summed E-state index contributed by atoms with van der Waals surface area (Å²) in [4.78, 5) is 0. The Morgan fingerprint density at radius 2 is 2.33 bits per heavy atom. The molecule has 2 nitrogen and oxygen atoms in total.